The Hall–Kier alpha value is -2.42. The largest absolute Gasteiger partial charge is 0.456 e. The zero-order valence-corrected chi connectivity index (χ0v) is 14.1. The lowest BCUT2D eigenvalue weighted by atomic mass is 10.1. The van der Waals surface area contributed by atoms with Gasteiger partial charge in [-0.25, -0.2) is 0 Å². The minimum absolute atomic E-state index is 0.312. The Labute approximate surface area is 133 Å². The fourth-order valence-corrected chi connectivity index (χ4v) is 1.81. The van der Waals surface area contributed by atoms with Crippen LogP contribution in [0.25, 0.3) is 16.5 Å². The molecule has 0 radical (unpaired) electrons. The van der Waals surface area contributed by atoms with Gasteiger partial charge in [-0.3, -0.25) is 0 Å². The van der Waals surface area contributed by atoms with Crippen LogP contribution >= 0.6 is 0 Å². The summed E-state index contributed by atoms with van der Waals surface area (Å²) in [7, 11) is 0. The lowest BCUT2D eigenvalue weighted by Gasteiger charge is -2.00. The standard InChI is InChI=1S/C15H13NO2.2C2H6/c1-3-7-13(16-17)12(4-2)15-10-11-8-5-6-9-14(11)18-15;2*1-2/h3-10H,1H2,2H3;2*1-2H3/b12-4+,13-7+;;. The number of hydrogen-bond acceptors (Lipinski definition) is 3. The topological polar surface area (TPSA) is 42.6 Å². The van der Waals surface area contributed by atoms with Gasteiger partial charge in [0.2, 0.25) is 0 Å². The number of para-hydroxylation sites is 1. The van der Waals surface area contributed by atoms with Crippen LogP contribution in [0.3, 0.4) is 0 Å². The second-order valence-corrected chi connectivity index (χ2v) is 3.73. The highest BCUT2D eigenvalue weighted by Gasteiger charge is 2.12. The number of nitroso groups, excluding NO2 is 1. The van der Waals surface area contributed by atoms with E-state index in [1.165, 1.54) is 6.08 Å². The fraction of sp³-hybridized carbons (Fsp3) is 0.263. The van der Waals surface area contributed by atoms with Crippen molar-refractivity contribution in [1.29, 1.82) is 0 Å². The number of fused-ring (bicyclic) bond motifs is 1. The van der Waals surface area contributed by atoms with Gasteiger partial charge in [-0.1, -0.05) is 64.6 Å². The number of rotatable bonds is 4. The predicted molar refractivity (Wildman–Crippen MR) is 96.6 cm³/mol. The van der Waals surface area contributed by atoms with Gasteiger partial charge in [0.1, 0.15) is 17.0 Å². The molecule has 2 aromatic rings. The van der Waals surface area contributed by atoms with E-state index in [1.54, 1.807) is 12.2 Å². The van der Waals surface area contributed by atoms with Gasteiger partial charge in [0.15, 0.2) is 0 Å². The summed E-state index contributed by atoms with van der Waals surface area (Å²) in [5.74, 6) is 0.631. The van der Waals surface area contributed by atoms with Gasteiger partial charge >= 0.3 is 0 Å². The molecule has 0 aliphatic carbocycles. The SMILES string of the molecule is C=C/C=C(N=O)\C(=C/C)c1cc2ccccc2o1.CC.CC. The Bertz CT molecular complexity index is 615. The number of benzene rings is 1. The molecular formula is C19H25NO2. The van der Waals surface area contributed by atoms with Gasteiger partial charge in [0, 0.05) is 11.0 Å². The van der Waals surface area contributed by atoms with Crippen LogP contribution in [0.2, 0.25) is 0 Å². The molecule has 2 rings (SSSR count). The summed E-state index contributed by atoms with van der Waals surface area (Å²) in [6, 6.07) is 9.59. The van der Waals surface area contributed by atoms with Crippen molar-refractivity contribution in [2.24, 2.45) is 5.18 Å². The van der Waals surface area contributed by atoms with Crippen LogP contribution in [0.4, 0.5) is 0 Å². The molecule has 0 aliphatic heterocycles. The van der Waals surface area contributed by atoms with Crippen LogP contribution in [0, 0.1) is 4.91 Å². The smallest absolute Gasteiger partial charge is 0.137 e. The van der Waals surface area contributed by atoms with Crippen molar-refractivity contribution in [1.82, 2.24) is 0 Å². The molecule has 0 amide bonds. The highest BCUT2D eigenvalue weighted by molar-refractivity contribution is 5.85. The number of allylic oxidation sites excluding steroid dienone is 4. The maximum absolute atomic E-state index is 10.8. The molecule has 0 unspecified atom stereocenters. The van der Waals surface area contributed by atoms with E-state index in [2.05, 4.69) is 11.8 Å². The van der Waals surface area contributed by atoms with Gasteiger partial charge in [0.25, 0.3) is 0 Å². The van der Waals surface area contributed by atoms with Gasteiger partial charge < -0.3 is 4.42 Å². The second kappa shape index (κ2) is 11.3. The van der Waals surface area contributed by atoms with Gasteiger partial charge in [-0.2, -0.15) is 0 Å². The van der Waals surface area contributed by atoms with E-state index in [9.17, 15) is 4.91 Å². The summed E-state index contributed by atoms with van der Waals surface area (Å²) in [6.45, 7) is 13.4. The van der Waals surface area contributed by atoms with Crippen LogP contribution in [0.5, 0.6) is 0 Å². The third kappa shape index (κ3) is 4.85. The summed E-state index contributed by atoms with van der Waals surface area (Å²) in [4.78, 5) is 10.8. The van der Waals surface area contributed by atoms with Crippen molar-refractivity contribution in [2.75, 3.05) is 0 Å². The minimum Gasteiger partial charge on any atom is -0.456 e. The molecule has 3 nitrogen and oxygen atoms in total. The molecule has 1 heterocycles. The Morgan fingerprint density at radius 1 is 1.18 bits per heavy atom. The van der Waals surface area contributed by atoms with E-state index in [-0.39, 0.29) is 0 Å². The van der Waals surface area contributed by atoms with Crippen molar-refractivity contribution in [3.63, 3.8) is 0 Å². The Kier molecular flexibility index (Phi) is 10.0. The summed E-state index contributed by atoms with van der Waals surface area (Å²) in [5.41, 5.74) is 1.77. The molecule has 0 N–H and O–H groups in total. The van der Waals surface area contributed by atoms with Crippen LogP contribution in [-0.2, 0) is 0 Å². The molecule has 0 aliphatic rings. The molecule has 1 aromatic heterocycles. The molecule has 0 saturated heterocycles. The predicted octanol–water partition coefficient (Wildman–Crippen LogP) is 6.72. The average molecular weight is 299 g/mol. The van der Waals surface area contributed by atoms with Crippen molar-refractivity contribution in [3.8, 4) is 0 Å². The Balaban J connectivity index is 0.00000102. The first-order chi connectivity index (χ1) is 10.8. The summed E-state index contributed by atoms with van der Waals surface area (Å²) < 4.78 is 5.71. The molecule has 0 atom stereocenters. The highest BCUT2D eigenvalue weighted by atomic mass is 16.3. The quantitative estimate of drug-likeness (QED) is 0.464. The molecule has 22 heavy (non-hydrogen) atoms. The zero-order chi connectivity index (χ0) is 17.0. The van der Waals surface area contributed by atoms with Crippen LogP contribution in [-0.4, -0.2) is 0 Å². The maximum Gasteiger partial charge on any atom is 0.137 e. The van der Waals surface area contributed by atoms with Gasteiger partial charge in [0.05, 0.1) is 0 Å². The lowest BCUT2D eigenvalue weighted by Crippen LogP contribution is -1.84. The maximum atomic E-state index is 10.8. The van der Waals surface area contributed by atoms with Crippen LogP contribution in [0.15, 0.2) is 70.4 Å². The first kappa shape index (κ1) is 19.6. The first-order valence-corrected chi connectivity index (χ1v) is 7.62. The third-order valence-corrected chi connectivity index (χ3v) is 2.63. The average Bonchev–Trinajstić information content (AvgIpc) is 3.02. The third-order valence-electron chi connectivity index (χ3n) is 2.63. The first-order valence-electron chi connectivity index (χ1n) is 7.62. The van der Waals surface area contributed by atoms with Crippen LogP contribution in [0.1, 0.15) is 40.4 Å². The van der Waals surface area contributed by atoms with Gasteiger partial charge in [-0.15, -0.1) is 4.91 Å². The molecule has 0 spiro atoms. The lowest BCUT2D eigenvalue weighted by molar-refractivity contribution is 0.600. The Morgan fingerprint density at radius 2 is 1.82 bits per heavy atom. The fourth-order valence-electron chi connectivity index (χ4n) is 1.81. The molecule has 3 heteroatoms. The molecule has 0 bridgehead atoms. The highest BCUT2D eigenvalue weighted by Crippen LogP contribution is 2.29. The van der Waals surface area contributed by atoms with E-state index in [0.717, 1.165) is 11.0 Å². The van der Waals surface area contributed by atoms with Crippen molar-refractivity contribution in [2.45, 2.75) is 34.6 Å². The van der Waals surface area contributed by atoms with Crippen molar-refractivity contribution in [3.05, 3.63) is 71.5 Å². The molecule has 0 fully saturated rings. The van der Waals surface area contributed by atoms with E-state index in [0.29, 0.717) is 17.0 Å². The summed E-state index contributed by atoms with van der Waals surface area (Å²) >= 11 is 0. The molecule has 118 valence electrons. The normalized spacial score (nSPS) is 11.0. The number of hydrogen-bond donors (Lipinski definition) is 0. The van der Waals surface area contributed by atoms with Crippen molar-refractivity contribution >= 4 is 16.5 Å². The minimum atomic E-state index is 0.312. The van der Waals surface area contributed by atoms with E-state index in [1.807, 2.05) is 65.0 Å². The summed E-state index contributed by atoms with van der Waals surface area (Å²) in [6.07, 6.45) is 4.90. The van der Waals surface area contributed by atoms with Gasteiger partial charge in [-0.05, 0) is 30.3 Å². The summed E-state index contributed by atoms with van der Waals surface area (Å²) in [5, 5.41) is 4.00. The van der Waals surface area contributed by atoms with E-state index in [4.69, 9.17) is 4.42 Å². The van der Waals surface area contributed by atoms with Crippen LogP contribution < -0.4 is 0 Å². The number of nitrogens with zero attached hydrogens (tertiary/aromatic N) is 1. The monoisotopic (exact) mass is 299 g/mol. The molecule has 1 aromatic carbocycles. The molecular weight excluding hydrogens is 274 g/mol. The van der Waals surface area contributed by atoms with E-state index < -0.39 is 0 Å². The Morgan fingerprint density at radius 3 is 2.32 bits per heavy atom. The van der Waals surface area contributed by atoms with E-state index >= 15 is 0 Å². The molecule has 0 saturated carbocycles. The zero-order valence-electron chi connectivity index (χ0n) is 14.1. The van der Waals surface area contributed by atoms with Crippen molar-refractivity contribution < 1.29 is 4.42 Å². The second-order valence-electron chi connectivity index (χ2n) is 3.73. The number of furan rings is 1.